The van der Waals surface area contributed by atoms with E-state index < -0.39 is 0 Å². The van der Waals surface area contributed by atoms with Crippen molar-refractivity contribution in [3.05, 3.63) is 35.8 Å². The number of hydrogen-bond acceptors (Lipinski definition) is 7. The molecular weight excluding hydrogens is 340 g/mol. The van der Waals surface area contributed by atoms with Crippen LogP contribution in [-0.4, -0.2) is 35.9 Å². The lowest BCUT2D eigenvalue weighted by Gasteiger charge is -2.11. The SMILES string of the molecule is CCOc1cc(-c2nc(-c3ccc(OC)c(O)c3OC)cs2)ccn1. The Morgan fingerprint density at radius 2 is 2.00 bits per heavy atom. The lowest BCUT2D eigenvalue weighted by Crippen LogP contribution is -1.94. The van der Waals surface area contributed by atoms with Crippen molar-refractivity contribution < 1.29 is 19.3 Å². The van der Waals surface area contributed by atoms with Gasteiger partial charge in [0.05, 0.1) is 26.5 Å². The second kappa shape index (κ2) is 7.40. The van der Waals surface area contributed by atoms with Crippen LogP contribution in [0.5, 0.6) is 23.1 Å². The normalized spacial score (nSPS) is 10.5. The molecule has 0 saturated carbocycles. The van der Waals surface area contributed by atoms with Gasteiger partial charge >= 0.3 is 0 Å². The molecule has 0 amide bonds. The van der Waals surface area contributed by atoms with Gasteiger partial charge in [0, 0.05) is 28.8 Å². The van der Waals surface area contributed by atoms with Crippen molar-refractivity contribution in [1.82, 2.24) is 9.97 Å². The number of phenolic OH excluding ortho intramolecular Hbond substituents is 1. The number of phenols is 1. The summed E-state index contributed by atoms with van der Waals surface area (Å²) < 4.78 is 15.9. The quantitative estimate of drug-likeness (QED) is 0.718. The van der Waals surface area contributed by atoms with E-state index in [-0.39, 0.29) is 5.75 Å². The van der Waals surface area contributed by atoms with Crippen LogP contribution in [0.2, 0.25) is 0 Å². The number of nitrogens with zero attached hydrogens (tertiary/aromatic N) is 2. The summed E-state index contributed by atoms with van der Waals surface area (Å²) in [4.78, 5) is 8.83. The van der Waals surface area contributed by atoms with Crippen molar-refractivity contribution in [3.8, 4) is 45.0 Å². The molecule has 0 aliphatic carbocycles. The highest BCUT2D eigenvalue weighted by molar-refractivity contribution is 7.13. The topological polar surface area (TPSA) is 73.7 Å². The molecule has 0 unspecified atom stereocenters. The molecule has 6 nitrogen and oxygen atoms in total. The highest BCUT2D eigenvalue weighted by atomic mass is 32.1. The Morgan fingerprint density at radius 1 is 1.16 bits per heavy atom. The van der Waals surface area contributed by atoms with Crippen LogP contribution < -0.4 is 14.2 Å². The van der Waals surface area contributed by atoms with E-state index in [9.17, 15) is 5.11 Å². The Labute approximate surface area is 149 Å². The molecule has 0 aliphatic rings. The Balaban J connectivity index is 1.99. The third kappa shape index (κ3) is 3.36. The number of thiazole rings is 1. The molecule has 0 bridgehead atoms. The van der Waals surface area contributed by atoms with Crippen LogP contribution in [0.4, 0.5) is 0 Å². The molecule has 3 rings (SSSR count). The first-order valence-electron chi connectivity index (χ1n) is 7.67. The summed E-state index contributed by atoms with van der Waals surface area (Å²) in [6.45, 7) is 2.47. The third-order valence-electron chi connectivity index (χ3n) is 3.57. The van der Waals surface area contributed by atoms with Gasteiger partial charge in [-0.1, -0.05) is 0 Å². The summed E-state index contributed by atoms with van der Waals surface area (Å²) in [5.41, 5.74) is 2.33. The molecule has 130 valence electrons. The van der Waals surface area contributed by atoms with Crippen LogP contribution in [0.3, 0.4) is 0 Å². The van der Waals surface area contributed by atoms with Crippen LogP contribution in [0.1, 0.15) is 6.92 Å². The molecule has 0 atom stereocenters. The van der Waals surface area contributed by atoms with Crippen molar-refractivity contribution in [2.75, 3.05) is 20.8 Å². The van der Waals surface area contributed by atoms with Gasteiger partial charge < -0.3 is 19.3 Å². The number of pyridine rings is 1. The summed E-state index contributed by atoms with van der Waals surface area (Å²) in [5.74, 6) is 1.21. The number of aromatic nitrogens is 2. The van der Waals surface area contributed by atoms with E-state index in [0.717, 1.165) is 10.6 Å². The van der Waals surface area contributed by atoms with Gasteiger partial charge in [-0.15, -0.1) is 11.3 Å². The molecule has 1 N–H and O–H groups in total. The van der Waals surface area contributed by atoms with E-state index >= 15 is 0 Å². The fraction of sp³-hybridized carbons (Fsp3) is 0.222. The first-order chi connectivity index (χ1) is 12.2. The number of methoxy groups -OCH3 is 2. The fourth-order valence-corrected chi connectivity index (χ4v) is 3.24. The van der Waals surface area contributed by atoms with Crippen LogP contribution >= 0.6 is 11.3 Å². The first kappa shape index (κ1) is 17.0. The zero-order chi connectivity index (χ0) is 17.8. The Morgan fingerprint density at radius 3 is 2.72 bits per heavy atom. The molecule has 0 spiro atoms. The van der Waals surface area contributed by atoms with Crippen LogP contribution in [0.15, 0.2) is 35.8 Å². The standard InChI is InChI=1S/C18H18N2O4S/c1-4-24-15-9-11(7-8-19-15)18-20-13(10-25-18)12-5-6-14(22-2)16(21)17(12)23-3/h5-10,21H,4H2,1-3H3. The van der Waals surface area contributed by atoms with Crippen molar-refractivity contribution in [3.63, 3.8) is 0 Å². The zero-order valence-corrected chi connectivity index (χ0v) is 15.0. The first-order valence-corrected chi connectivity index (χ1v) is 8.55. The van der Waals surface area contributed by atoms with E-state index in [4.69, 9.17) is 14.2 Å². The highest BCUT2D eigenvalue weighted by Gasteiger charge is 2.18. The molecule has 0 radical (unpaired) electrons. The molecule has 2 heterocycles. The van der Waals surface area contributed by atoms with Crippen molar-refractivity contribution in [2.45, 2.75) is 6.92 Å². The van der Waals surface area contributed by atoms with Gasteiger partial charge in [-0.25, -0.2) is 9.97 Å². The summed E-state index contributed by atoms with van der Waals surface area (Å²) in [6.07, 6.45) is 1.70. The van der Waals surface area contributed by atoms with E-state index in [1.807, 2.05) is 30.5 Å². The van der Waals surface area contributed by atoms with E-state index in [1.165, 1.54) is 25.6 Å². The largest absolute Gasteiger partial charge is 0.502 e. The van der Waals surface area contributed by atoms with Crippen LogP contribution in [-0.2, 0) is 0 Å². The fourth-order valence-electron chi connectivity index (χ4n) is 2.43. The monoisotopic (exact) mass is 358 g/mol. The Hall–Kier alpha value is -2.80. The summed E-state index contributed by atoms with van der Waals surface area (Å²) in [5, 5.41) is 13.0. The van der Waals surface area contributed by atoms with E-state index in [0.29, 0.717) is 35.2 Å². The number of benzene rings is 1. The minimum Gasteiger partial charge on any atom is -0.502 e. The number of aromatic hydroxyl groups is 1. The number of rotatable bonds is 6. The van der Waals surface area contributed by atoms with Gasteiger partial charge in [-0.2, -0.15) is 0 Å². The van der Waals surface area contributed by atoms with Gasteiger partial charge in [0.1, 0.15) is 5.01 Å². The van der Waals surface area contributed by atoms with Gasteiger partial charge in [0.2, 0.25) is 11.6 Å². The van der Waals surface area contributed by atoms with Crippen LogP contribution in [0, 0.1) is 0 Å². The molecule has 1 aromatic carbocycles. The Kier molecular flexibility index (Phi) is 5.04. The van der Waals surface area contributed by atoms with Gasteiger partial charge in [-0.3, -0.25) is 0 Å². The average molecular weight is 358 g/mol. The third-order valence-corrected chi connectivity index (χ3v) is 4.46. The average Bonchev–Trinajstić information content (AvgIpc) is 3.12. The van der Waals surface area contributed by atoms with Crippen molar-refractivity contribution >= 4 is 11.3 Å². The predicted molar refractivity (Wildman–Crippen MR) is 96.7 cm³/mol. The minimum absolute atomic E-state index is 0.0420. The molecule has 0 fully saturated rings. The summed E-state index contributed by atoms with van der Waals surface area (Å²) >= 11 is 1.50. The van der Waals surface area contributed by atoms with E-state index in [2.05, 4.69) is 9.97 Å². The van der Waals surface area contributed by atoms with Crippen molar-refractivity contribution in [1.29, 1.82) is 0 Å². The molecule has 0 aliphatic heterocycles. The lowest BCUT2D eigenvalue weighted by atomic mass is 10.1. The second-order valence-electron chi connectivity index (χ2n) is 5.05. The smallest absolute Gasteiger partial charge is 0.213 e. The van der Waals surface area contributed by atoms with Gasteiger partial charge in [-0.05, 0) is 25.1 Å². The maximum absolute atomic E-state index is 10.3. The molecule has 0 saturated heterocycles. The molecule has 7 heteroatoms. The molecule has 25 heavy (non-hydrogen) atoms. The molecule has 2 aromatic heterocycles. The van der Waals surface area contributed by atoms with E-state index in [1.54, 1.807) is 12.3 Å². The molecular formula is C18H18N2O4S. The number of ether oxygens (including phenoxy) is 3. The highest BCUT2D eigenvalue weighted by Crippen LogP contribution is 2.44. The van der Waals surface area contributed by atoms with Crippen molar-refractivity contribution in [2.24, 2.45) is 0 Å². The minimum atomic E-state index is -0.0420. The Bertz CT molecular complexity index is 879. The van der Waals surface area contributed by atoms with Gasteiger partial charge in [0.25, 0.3) is 0 Å². The summed E-state index contributed by atoms with van der Waals surface area (Å²) in [6, 6.07) is 7.24. The predicted octanol–water partition coefficient (Wildman–Crippen LogP) is 3.99. The zero-order valence-electron chi connectivity index (χ0n) is 14.1. The van der Waals surface area contributed by atoms with Crippen LogP contribution in [0.25, 0.3) is 21.8 Å². The second-order valence-corrected chi connectivity index (χ2v) is 5.91. The molecule has 3 aromatic rings. The summed E-state index contributed by atoms with van der Waals surface area (Å²) in [7, 11) is 3.00. The maximum Gasteiger partial charge on any atom is 0.213 e. The van der Waals surface area contributed by atoms with Gasteiger partial charge in [0.15, 0.2) is 11.5 Å². The maximum atomic E-state index is 10.3. The number of hydrogen-bond donors (Lipinski definition) is 1. The lowest BCUT2D eigenvalue weighted by molar-refractivity contribution is 0.327.